The average Bonchev–Trinajstić information content (AvgIpc) is 2.47. The number of aliphatic hydroxyl groups excluding tert-OH is 1. The van der Waals surface area contributed by atoms with Crippen molar-refractivity contribution in [2.75, 3.05) is 13.2 Å². The van der Waals surface area contributed by atoms with Gasteiger partial charge in [-0.2, -0.15) is 0 Å². The van der Waals surface area contributed by atoms with Gasteiger partial charge >= 0.3 is 0 Å². The molecular weight excluding hydrogens is 176 g/mol. The highest BCUT2D eigenvalue weighted by atomic mass is 16.3. The monoisotopic (exact) mass is 198 g/mol. The van der Waals surface area contributed by atoms with Crippen LogP contribution in [-0.4, -0.2) is 41.3 Å². The Morgan fingerprint density at radius 3 is 2.29 bits per heavy atom. The molecule has 0 aromatic rings. The van der Waals surface area contributed by atoms with Crippen LogP contribution in [0.15, 0.2) is 0 Å². The summed E-state index contributed by atoms with van der Waals surface area (Å²) in [5, 5.41) is 9.07. The molecule has 0 aromatic carbocycles. The van der Waals surface area contributed by atoms with E-state index in [1.165, 1.54) is 38.5 Å². The Balaban J connectivity index is 1.93. The summed E-state index contributed by atoms with van der Waals surface area (Å²) in [6.07, 6.45) is 7.64. The smallest absolute Gasteiger partial charge is 0.0558 e. The molecule has 2 saturated carbocycles. The van der Waals surface area contributed by atoms with Crippen molar-refractivity contribution in [1.82, 2.24) is 4.90 Å². The van der Waals surface area contributed by atoms with Gasteiger partial charge in [-0.25, -0.2) is 0 Å². The number of nitrogens with zero attached hydrogens (tertiary/aromatic N) is 1. The van der Waals surface area contributed by atoms with E-state index in [1.807, 2.05) is 0 Å². The molecule has 0 aromatic heterocycles. The molecule has 2 unspecified atom stereocenters. The lowest BCUT2D eigenvalue weighted by Crippen LogP contribution is -2.52. The lowest BCUT2D eigenvalue weighted by Gasteiger charge is -2.42. The zero-order valence-electron chi connectivity index (χ0n) is 8.86. The minimum atomic E-state index is 0.278. The molecule has 0 spiro atoms. The highest BCUT2D eigenvalue weighted by molar-refractivity contribution is 4.93. The fourth-order valence-corrected chi connectivity index (χ4v) is 2.83. The lowest BCUT2D eigenvalue weighted by atomic mass is 9.89. The van der Waals surface area contributed by atoms with Crippen molar-refractivity contribution >= 4 is 0 Å². The number of aliphatic hydroxyl groups is 1. The van der Waals surface area contributed by atoms with Crippen LogP contribution < -0.4 is 5.73 Å². The highest BCUT2D eigenvalue weighted by Crippen LogP contribution is 2.31. The third-order valence-corrected chi connectivity index (χ3v) is 3.86. The van der Waals surface area contributed by atoms with Crippen molar-refractivity contribution in [2.24, 2.45) is 5.73 Å². The predicted octanol–water partition coefficient (Wildman–Crippen LogP) is 0.713. The first-order valence-electron chi connectivity index (χ1n) is 5.95. The molecule has 0 amide bonds. The summed E-state index contributed by atoms with van der Waals surface area (Å²) in [6, 6.07) is 1.62. The number of nitrogens with two attached hydrogens (primary N) is 1. The first-order chi connectivity index (χ1) is 6.83. The maximum atomic E-state index is 9.07. The van der Waals surface area contributed by atoms with Gasteiger partial charge in [0.15, 0.2) is 0 Å². The van der Waals surface area contributed by atoms with Crippen molar-refractivity contribution < 1.29 is 5.11 Å². The molecule has 3 N–H and O–H groups in total. The second kappa shape index (κ2) is 4.60. The molecule has 0 bridgehead atoms. The lowest BCUT2D eigenvalue weighted by molar-refractivity contribution is 0.0561. The second-order valence-electron chi connectivity index (χ2n) is 4.71. The third-order valence-electron chi connectivity index (χ3n) is 3.86. The second-order valence-corrected chi connectivity index (χ2v) is 4.71. The van der Waals surface area contributed by atoms with E-state index in [2.05, 4.69) is 4.90 Å². The van der Waals surface area contributed by atoms with E-state index in [0.29, 0.717) is 12.1 Å². The van der Waals surface area contributed by atoms with Gasteiger partial charge in [-0.15, -0.1) is 0 Å². The molecule has 0 radical (unpaired) electrons. The molecule has 2 aliphatic carbocycles. The Kier molecular flexibility index (Phi) is 3.42. The molecule has 2 rings (SSSR count). The van der Waals surface area contributed by atoms with Crippen LogP contribution in [0.1, 0.15) is 38.5 Å². The summed E-state index contributed by atoms with van der Waals surface area (Å²) in [5.74, 6) is 0. The zero-order chi connectivity index (χ0) is 9.97. The van der Waals surface area contributed by atoms with Gasteiger partial charge in [-0.05, 0) is 25.7 Å². The van der Waals surface area contributed by atoms with E-state index >= 15 is 0 Å². The Labute approximate surface area is 86.3 Å². The Hall–Kier alpha value is -0.120. The fraction of sp³-hybridized carbons (Fsp3) is 1.00. The van der Waals surface area contributed by atoms with Gasteiger partial charge in [0.25, 0.3) is 0 Å². The average molecular weight is 198 g/mol. The summed E-state index contributed by atoms with van der Waals surface area (Å²) in [5.41, 5.74) is 6.10. The first-order valence-corrected chi connectivity index (χ1v) is 5.95. The van der Waals surface area contributed by atoms with Crippen molar-refractivity contribution in [3.05, 3.63) is 0 Å². The number of rotatable bonds is 4. The van der Waals surface area contributed by atoms with Crippen LogP contribution in [0.5, 0.6) is 0 Å². The molecule has 0 saturated heterocycles. The number of hydrogen-bond donors (Lipinski definition) is 2. The largest absolute Gasteiger partial charge is 0.395 e. The SMILES string of the molecule is NC1CCCC1N(CCO)C1CCC1. The molecule has 0 aliphatic heterocycles. The molecule has 2 fully saturated rings. The minimum absolute atomic E-state index is 0.278. The van der Waals surface area contributed by atoms with Crippen LogP contribution in [0, 0.1) is 0 Å². The van der Waals surface area contributed by atoms with Crippen LogP contribution in [0.2, 0.25) is 0 Å². The Morgan fingerprint density at radius 2 is 1.86 bits per heavy atom. The molecule has 14 heavy (non-hydrogen) atoms. The van der Waals surface area contributed by atoms with E-state index in [0.717, 1.165) is 12.6 Å². The van der Waals surface area contributed by atoms with Gasteiger partial charge in [0, 0.05) is 24.7 Å². The van der Waals surface area contributed by atoms with Gasteiger partial charge in [0.2, 0.25) is 0 Å². The molecular formula is C11H22N2O. The van der Waals surface area contributed by atoms with Crippen LogP contribution in [0.4, 0.5) is 0 Å². The molecule has 0 heterocycles. The molecule has 2 aliphatic rings. The van der Waals surface area contributed by atoms with Crippen LogP contribution in [-0.2, 0) is 0 Å². The maximum absolute atomic E-state index is 9.07. The van der Waals surface area contributed by atoms with Crippen LogP contribution in [0.25, 0.3) is 0 Å². The van der Waals surface area contributed by atoms with Gasteiger partial charge < -0.3 is 10.8 Å². The summed E-state index contributed by atoms with van der Waals surface area (Å²) < 4.78 is 0. The van der Waals surface area contributed by atoms with Gasteiger partial charge in [-0.3, -0.25) is 4.90 Å². The fourth-order valence-electron chi connectivity index (χ4n) is 2.83. The van der Waals surface area contributed by atoms with Gasteiger partial charge in [-0.1, -0.05) is 12.8 Å². The topological polar surface area (TPSA) is 49.5 Å². The minimum Gasteiger partial charge on any atom is -0.395 e. The number of hydrogen-bond acceptors (Lipinski definition) is 3. The summed E-state index contributed by atoms with van der Waals surface area (Å²) >= 11 is 0. The van der Waals surface area contributed by atoms with Gasteiger partial charge in [0.05, 0.1) is 6.61 Å². The van der Waals surface area contributed by atoms with E-state index in [9.17, 15) is 0 Å². The molecule has 3 nitrogen and oxygen atoms in total. The third kappa shape index (κ3) is 1.95. The van der Waals surface area contributed by atoms with E-state index < -0.39 is 0 Å². The zero-order valence-corrected chi connectivity index (χ0v) is 8.86. The normalized spacial score (nSPS) is 33.6. The van der Waals surface area contributed by atoms with Crippen molar-refractivity contribution in [3.63, 3.8) is 0 Å². The standard InChI is InChI=1S/C11H22N2O/c12-10-5-2-6-11(10)13(7-8-14)9-3-1-4-9/h9-11,14H,1-8,12H2. The maximum Gasteiger partial charge on any atom is 0.0558 e. The van der Waals surface area contributed by atoms with Crippen LogP contribution >= 0.6 is 0 Å². The Morgan fingerprint density at radius 1 is 1.14 bits per heavy atom. The molecule has 3 heteroatoms. The van der Waals surface area contributed by atoms with Crippen molar-refractivity contribution in [1.29, 1.82) is 0 Å². The molecule has 2 atom stereocenters. The highest BCUT2D eigenvalue weighted by Gasteiger charge is 2.35. The predicted molar refractivity (Wildman–Crippen MR) is 57.0 cm³/mol. The summed E-state index contributed by atoms with van der Waals surface area (Å²) in [6.45, 7) is 1.10. The first kappa shape index (κ1) is 10.4. The van der Waals surface area contributed by atoms with E-state index in [4.69, 9.17) is 10.8 Å². The molecule has 82 valence electrons. The van der Waals surface area contributed by atoms with Crippen molar-refractivity contribution in [3.8, 4) is 0 Å². The van der Waals surface area contributed by atoms with E-state index in [-0.39, 0.29) is 6.61 Å². The summed E-state index contributed by atoms with van der Waals surface area (Å²) in [7, 11) is 0. The van der Waals surface area contributed by atoms with Crippen LogP contribution in [0.3, 0.4) is 0 Å². The quantitative estimate of drug-likeness (QED) is 0.699. The van der Waals surface area contributed by atoms with E-state index in [1.54, 1.807) is 0 Å². The van der Waals surface area contributed by atoms with Crippen molar-refractivity contribution in [2.45, 2.75) is 56.7 Å². The van der Waals surface area contributed by atoms with Gasteiger partial charge in [0.1, 0.15) is 0 Å². The summed E-state index contributed by atoms with van der Waals surface area (Å²) in [4.78, 5) is 2.47. The Bertz CT molecular complexity index is 182.